The normalized spacial score (nSPS) is 40.4. The number of alkyl halides is 3. The van der Waals surface area contributed by atoms with E-state index in [9.17, 15) is 26.4 Å². The van der Waals surface area contributed by atoms with E-state index in [2.05, 4.69) is 0 Å². The summed E-state index contributed by atoms with van der Waals surface area (Å²) in [4.78, 5) is 12.8. The van der Waals surface area contributed by atoms with Crippen molar-refractivity contribution < 1.29 is 34.7 Å². The fraction of sp³-hybridized carbons (Fsp3) is 0.944. The number of carbonyl (C=O) groups is 1. The third-order valence-corrected chi connectivity index (χ3v) is 12.5. The Bertz CT molecular complexity index is 715. The first kappa shape index (κ1) is 20.8. The van der Waals surface area contributed by atoms with Crippen LogP contribution in [0.3, 0.4) is 0 Å². The summed E-state index contributed by atoms with van der Waals surface area (Å²) in [6, 6.07) is 0. The molecule has 5 aliphatic rings. The van der Waals surface area contributed by atoms with Crippen LogP contribution in [0.15, 0.2) is 0 Å². The molecule has 4 aliphatic carbocycles. The molecule has 0 radical (unpaired) electrons. The Hall–Kier alpha value is -0.480. The molecular weight excluding hydrogens is 417 g/mol. The van der Waals surface area contributed by atoms with E-state index in [1.54, 1.807) is 0 Å². The summed E-state index contributed by atoms with van der Waals surface area (Å²) in [6.45, 7) is 1.96. The van der Waals surface area contributed by atoms with E-state index in [-0.39, 0.29) is 17.3 Å². The molecule has 1 aliphatic heterocycles. The van der Waals surface area contributed by atoms with E-state index < -0.39 is 37.5 Å². The van der Waals surface area contributed by atoms with Gasteiger partial charge in [-0.25, -0.2) is 3.63 Å². The molecule has 5 rings (SSSR count). The van der Waals surface area contributed by atoms with Gasteiger partial charge in [0.1, 0.15) is 5.60 Å². The molecule has 0 N–H and O–H groups in total. The summed E-state index contributed by atoms with van der Waals surface area (Å²) in [7, 11) is -8.41. The number of rotatable bonds is 5. The zero-order valence-corrected chi connectivity index (χ0v) is 17.5. The molecule has 162 valence electrons. The third-order valence-electron chi connectivity index (χ3n) is 7.27. The molecule has 4 bridgehead atoms. The van der Waals surface area contributed by atoms with E-state index in [0.717, 1.165) is 25.7 Å². The maximum atomic E-state index is 12.8. The van der Waals surface area contributed by atoms with Crippen LogP contribution in [0.5, 0.6) is 0 Å². The number of ether oxygens (including phenoxy) is 1. The number of carbonyl (C=O) groups excluding carboxylic acids is 1. The van der Waals surface area contributed by atoms with Crippen LogP contribution in [0.1, 0.15) is 51.9 Å². The average Bonchev–Trinajstić information content (AvgIpc) is 2.98. The molecule has 0 aromatic rings. The van der Waals surface area contributed by atoms with Crippen molar-refractivity contribution in [1.29, 1.82) is 0 Å². The average molecular weight is 445 g/mol. The highest BCUT2D eigenvalue weighted by molar-refractivity contribution is 8.33. The van der Waals surface area contributed by atoms with Gasteiger partial charge in [0.2, 0.25) is 0 Å². The summed E-state index contributed by atoms with van der Waals surface area (Å²) in [6.07, 6.45) is 6.51. The molecular formula is C18H27F3O5S2. The quantitative estimate of drug-likeness (QED) is 0.471. The van der Waals surface area contributed by atoms with Gasteiger partial charge in [0.05, 0.1) is 5.75 Å². The van der Waals surface area contributed by atoms with Crippen LogP contribution in [-0.2, 0) is 23.3 Å². The minimum atomic E-state index is -5.72. The van der Waals surface area contributed by atoms with Gasteiger partial charge in [0.15, 0.2) is 0 Å². The van der Waals surface area contributed by atoms with Crippen LogP contribution < -0.4 is 0 Å². The van der Waals surface area contributed by atoms with Crippen molar-refractivity contribution >= 4 is 26.4 Å². The lowest BCUT2D eigenvalue weighted by molar-refractivity contribution is -0.200. The van der Waals surface area contributed by atoms with Gasteiger partial charge in [-0.1, -0.05) is 0 Å². The van der Waals surface area contributed by atoms with Gasteiger partial charge in [0, 0.05) is 11.5 Å². The molecule has 28 heavy (non-hydrogen) atoms. The first-order valence-corrected chi connectivity index (χ1v) is 13.4. The highest BCUT2D eigenvalue weighted by Crippen LogP contribution is 2.61. The maximum absolute atomic E-state index is 12.8. The maximum Gasteiger partial charge on any atom is 0.523 e. The Labute approximate surface area is 165 Å². The SMILES string of the molecule is CC1(OC(=O)CS2(OS(=O)(=O)C(F)(F)F)CCCC2)C2CC3CC(C2)CC1C3. The zero-order valence-electron chi connectivity index (χ0n) is 15.9. The van der Waals surface area contributed by atoms with Crippen molar-refractivity contribution in [2.24, 2.45) is 23.7 Å². The first-order valence-electron chi connectivity index (χ1n) is 9.93. The van der Waals surface area contributed by atoms with Crippen LogP contribution in [0.25, 0.3) is 0 Å². The largest absolute Gasteiger partial charge is 0.523 e. The molecule has 5 fully saturated rings. The number of halogens is 3. The van der Waals surface area contributed by atoms with Crippen molar-refractivity contribution in [3.05, 3.63) is 0 Å². The monoisotopic (exact) mass is 444 g/mol. The zero-order chi connectivity index (χ0) is 20.4. The second-order valence-electron chi connectivity index (χ2n) is 9.16. The minimum Gasteiger partial charge on any atom is -0.458 e. The molecule has 0 aromatic heterocycles. The van der Waals surface area contributed by atoms with Crippen LogP contribution in [0.4, 0.5) is 13.2 Å². The van der Waals surface area contributed by atoms with E-state index in [1.165, 1.54) is 6.42 Å². The highest BCUT2D eigenvalue weighted by atomic mass is 32.3. The fourth-order valence-corrected chi connectivity index (χ4v) is 11.1. The Morgan fingerprint density at radius 3 is 2.00 bits per heavy atom. The van der Waals surface area contributed by atoms with Crippen molar-refractivity contribution in [2.45, 2.75) is 63.0 Å². The second-order valence-corrected chi connectivity index (χ2v) is 14.1. The smallest absolute Gasteiger partial charge is 0.458 e. The minimum absolute atomic E-state index is 0.186. The predicted molar refractivity (Wildman–Crippen MR) is 99.0 cm³/mol. The predicted octanol–water partition coefficient (Wildman–Crippen LogP) is 4.12. The van der Waals surface area contributed by atoms with Crippen LogP contribution in [0.2, 0.25) is 0 Å². The summed E-state index contributed by atoms with van der Waals surface area (Å²) >= 11 is 0. The molecule has 0 spiro atoms. The van der Waals surface area contributed by atoms with Crippen molar-refractivity contribution in [2.75, 3.05) is 17.3 Å². The molecule has 5 nitrogen and oxygen atoms in total. The molecule has 0 atom stereocenters. The van der Waals surface area contributed by atoms with Gasteiger partial charge in [-0.15, -0.1) is 10.3 Å². The Kier molecular flexibility index (Phi) is 5.02. The lowest BCUT2D eigenvalue weighted by Crippen LogP contribution is -2.58. The number of hydrogen-bond donors (Lipinski definition) is 0. The lowest BCUT2D eigenvalue weighted by atomic mass is 9.50. The lowest BCUT2D eigenvalue weighted by Gasteiger charge is -2.59. The summed E-state index contributed by atoms with van der Waals surface area (Å²) in [5.74, 6) is 1.37. The Balaban J connectivity index is 1.47. The molecule has 10 heteroatoms. The van der Waals surface area contributed by atoms with Crippen LogP contribution in [-0.4, -0.2) is 42.8 Å². The van der Waals surface area contributed by atoms with Gasteiger partial charge < -0.3 is 4.74 Å². The summed E-state index contributed by atoms with van der Waals surface area (Å²) in [5.41, 5.74) is -6.07. The van der Waals surface area contributed by atoms with Crippen LogP contribution in [0, 0.1) is 23.7 Å². The third kappa shape index (κ3) is 3.57. The van der Waals surface area contributed by atoms with E-state index >= 15 is 0 Å². The number of esters is 1. The molecule has 0 aromatic carbocycles. The molecule has 4 saturated carbocycles. The topological polar surface area (TPSA) is 69.7 Å². The van der Waals surface area contributed by atoms with Gasteiger partial charge in [0.25, 0.3) is 0 Å². The first-order chi connectivity index (χ1) is 12.9. The van der Waals surface area contributed by atoms with Crippen molar-refractivity contribution in [1.82, 2.24) is 0 Å². The van der Waals surface area contributed by atoms with Gasteiger partial charge >= 0.3 is 21.6 Å². The summed E-state index contributed by atoms with van der Waals surface area (Å²) in [5, 5.41) is 0. The standard InChI is InChI=1S/C18H27F3O5S2/c1-17(14-7-12-6-13(9-14)10-15(17)8-12)25-16(22)11-27(4-2-3-5-27)26-28(23,24)18(19,20)21/h12-15H,2-11H2,1H3. The summed E-state index contributed by atoms with van der Waals surface area (Å²) < 4.78 is 72.2. The fourth-order valence-electron chi connectivity index (χ4n) is 6.07. The van der Waals surface area contributed by atoms with Crippen LogP contribution >= 0.6 is 10.3 Å². The second kappa shape index (κ2) is 6.77. The Morgan fingerprint density at radius 2 is 1.54 bits per heavy atom. The van der Waals surface area contributed by atoms with E-state index in [4.69, 9.17) is 8.37 Å². The van der Waals surface area contributed by atoms with Gasteiger partial charge in [-0.05, 0) is 75.5 Å². The van der Waals surface area contributed by atoms with E-state index in [1.807, 2.05) is 6.92 Å². The van der Waals surface area contributed by atoms with E-state index in [0.29, 0.717) is 36.5 Å². The van der Waals surface area contributed by atoms with Gasteiger partial charge in [-0.3, -0.25) is 4.79 Å². The van der Waals surface area contributed by atoms with Gasteiger partial charge in [-0.2, -0.15) is 21.6 Å². The van der Waals surface area contributed by atoms with Crippen molar-refractivity contribution in [3.8, 4) is 0 Å². The molecule has 1 saturated heterocycles. The van der Waals surface area contributed by atoms with Crippen molar-refractivity contribution in [3.63, 3.8) is 0 Å². The Morgan fingerprint density at radius 1 is 1.04 bits per heavy atom. The molecule has 1 heterocycles. The highest BCUT2D eigenvalue weighted by Gasteiger charge is 2.58. The molecule has 0 amide bonds. The number of hydrogen-bond acceptors (Lipinski definition) is 5. The molecule has 0 unspecified atom stereocenters.